The molecule has 1 aliphatic heterocycles. The lowest BCUT2D eigenvalue weighted by Gasteiger charge is -2.34. The lowest BCUT2D eigenvalue weighted by atomic mass is 10.0. The van der Waals surface area contributed by atoms with Crippen molar-refractivity contribution in [3.8, 4) is 11.4 Å². The molecule has 1 aliphatic carbocycles. The monoisotopic (exact) mass is 513 g/mol. The van der Waals surface area contributed by atoms with Crippen LogP contribution in [0.15, 0.2) is 46.8 Å². The first-order valence-corrected chi connectivity index (χ1v) is 11.0. The van der Waals surface area contributed by atoms with Gasteiger partial charge in [0.05, 0.1) is 24.3 Å². The number of hydrogen-bond acceptors (Lipinski definition) is 6. The first kappa shape index (κ1) is 24.7. The van der Waals surface area contributed by atoms with Crippen molar-refractivity contribution in [1.29, 1.82) is 0 Å². The number of carbonyl (C=O) groups excluding carboxylic acids is 1. The number of methoxy groups -OCH3 is 1. The standard InChI is InChI=1S/C22H20ClF4N5O3/c1-35-21(34)31-10-8-30(9-11-31)19-28-18(16-7-4-14(23)12-17(16)24)32(20(33)29-19)15-5-2-13(3-6-15)22(25,26)27/h2-5,7,12,15H,6,8-11H2,1H3. The van der Waals surface area contributed by atoms with Crippen LogP contribution >= 0.6 is 11.6 Å². The molecule has 1 amide bonds. The number of alkyl halides is 3. The Balaban J connectivity index is 1.74. The summed E-state index contributed by atoms with van der Waals surface area (Å²) in [5, 5.41) is 0.128. The maximum absolute atomic E-state index is 14.9. The Morgan fingerprint density at radius 1 is 1.17 bits per heavy atom. The van der Waals surface area contributed by atoms with E-state index in [4.69, 9.17) is 16.3 Å². The van der Waals surface area contributed by atoms with E-state index >= 15 is 0 Å². The Morgan fingerprint density at radius 3 is 2.46 bits per heavy atom. The molecule has 2 aromatic rings. The molecule has 1 saturated heterocycles. The van der Waals surface area contributed by atoms with Crippen LogP contribution in [0.5, 0.6) is 0 Å². The first-order chi connectivity index (χ1) is 16.6. The number of carbonyl (C=O) groups is 1. The Morgan fingerprint density at radius 2 is 1.89 bits per heavy atom. The highest BCUT2D eigenvalue weighted by molar-refractivity contribution is 6.30. The fourth-order valence-electron chi connectivity index (χ4n) is 3.93. The molecule has 0 spiro atoms. The molecule has 0 saturated carbocycles. The summed E-state index contributed by atoms with van der Waals surface area (Å²) in [5.41, 5.74) is -1.68. The SMILES string of the molecule is COC(=O)N1CCN(c2nc(-c3ccc(Cl)cc3F)n(C3C=CC(C(F)(F)F)=CC3)c(=O)n2)CC1. The van der Waals surface area contributed by atoms with Crippen LogP contribution < -0.4 is 10.6 Å². The predicted molar refractivity (Wildman–Crippen MR) is 120 cm³/mol. The van der Waals surface area contributed by atoms with Gasteiger partial charge in [-0.25, -0.2) is 14.0 Å². The molecule has 0 N–H and O–H groups in total. The molecule has 1 atom stereocenters. The van der Waals surface area contributed by atoms with Crippen LogP contribution in [-0.2, 0) is 4.74 Å². The number of amides is 1. The van der Waals surface area contributed by atoms with Crippen molar-refractivity contribution >= 4 is 23.6 Å². The number of halogens is 5. The van der Waals surface area contributed by atoms with Gasteiger partial charge >= 0.3 is 18.0 Å². The third kappa shape index (κ3) is 5.16. The average Bonchev–Trinajstić information content (AvgIpc) is 2.83. The van der Waals surface area contributed by atoms with Crippen LogP contribution in [0.25, 0.3) is 11.4 Å². The first-order valence-electron chi connectivity index (χ1n) is 10.6. The second-order valence-electron chi connectivity index (χ2n) is 7.89. The van der Waals surface area contributed by atoms with E-state index in [1.807, 2.05) is 0 Å². The molecule has 0 bridgehead atoms. The van der Waals surface area contributed by atoms with Gasteiger partial charge in [0, 0.05) is 31.2 Å². The van der Waals surface area contributed by atoms with Crippen LogP contribution in [0.2, 0.25) is 5.02 Å². The van der Waals surface area contributed by atoms with Crippen molar-refractivity contribution < 1.29 is 27.1 Å². The Bertz CT molecular complexity index is 1250. The van der Waals surface area contributed by atoms with Crippen molar-refractivity contribution in [3.05, 3.63) is 63.3 Å². The number of nitrogens with zero attached hydrogens (tertiary/aromatic N) is 5. The topological polar surface area (TPSA) is 80.6 Å². The molecule has 1 aromatic heterocycles. The van der Waals surface area contributed by atoms with Crippen LogP contribution in [0, 0.1) is 5.82 Å². The molecule has 0 radical (unpaired) electrons. The van der Waals surface area contributed by atoms with E-state index in [1.54, 1.807) is 4.90 Å². The van der Waals surface area contributed by atoms with Gasteiger partial charge in [-0.1, -0.05) is 29.8 Å². The molecule has 35 heavy (non-hydrogen) atoms. The third-order valence-electron chi connectivity index (χ3n) is 5.74. The van der Waals surface area contributed by atoms with Gasteiger partial charge in [0.25, 0.3) is 0 Å². The smallest absolute Gasteiger partial charge is 0.416 e. The molecule has 13 heteroatoms. The van der Waals surface area contributed by atoms with E-state index in [-0.39, 0.29) is 28.8 Å². The molecule has 2 heterocycles. The summed E-state index contributed by atoms with van der Waals surface area (Å²) in [4.78, 5) is 36.5. The summed E-state index contributed by atoms with van der Waals surface area (Å²) < 4.78 is 59.8. The third-order valence-corrected chi connectivity index (χ3v) is 5.97. The summed E-state index contributed by atoms with van der Waals surface area (Å²) in [6, 6.07) is 2.97. The van der Waals surface area contributed by atoms with Gasteiger partial charge in [0.2, 0.25) is 5.95 Å². The van der Waals surface area contributed by atoms with Gasteiger partial charge < -0.3 is 14.5 Å². The summed E-state index contributed by atoms with van der Waals surface area (Å²) in [6.45, 7) is 1.17. The van der Waals surface area contributed by atoms with Gasteiger partial charge in [-0.3, -0.25) is 4.57 Å². The van der Waals surface area contributed by atoms with Crippen molar-refractivity contribution in [2.24, 2.45) is 0 Å². The molecule has 2 aliphatic rings. The van der Waals surface area contributed by atoms with E-state index in [1.165, 1.54) is 30.2 Å². The zero-order valence-electron chi connectivity index (χ0n) is 18.4. The number of anilines is 1. The van der Waals surface area contributed by atoms with Crippen LogP contribution in [0.1, 0.15) is 12.5 Å². The molecule has 186 valence electrons. The van der Waals surface area contributed by atoms with Crippen LogP contribution in [0.3, 0.4) is 0 Å². The fourth-order valence-corrected chi connectivity index (χ4v) is 4.09. The lowest BCUT2D eigenvalue weighted by molar-refractivity contribution is -0.0887. The number of piperazine rings is 1. The molecule has 1 unspecified atom stereocenters. The number of allylic oxidation sites excluding steroid dienone is 4. The van der Waals surface area contributed by atoms with E-state index in [2.05, 4.69) is 9.97 Å². The van der Waals surface area contributed by atoms with E-state index in [0.29, 0.717) is 26.2 Å². The van der Waals surface area contributed by atoms with Crippen molar-refractivity contribution in [2.45, 2.75) is 18.6 Å². The minimum Gasteiger partial charge on any atom is -0.453 e. The molecule has 1 fully saturated rings. The zero-order valence-corrected chi connectivity index (χ0v) is 19.2. The summed E-state index contributed by atoms with van der Waals surface area (Å²) in [7, 11) is 1.27. The predicted octanol–water partition coefficient (Wildman–Crippen LogP) is 3.98. The van der Waals surface area contributed by atoms with Gasteiger partial charge in [-0.15, -0.1) is 0 Å². The molecular weight excluding hydrogens is 494 g/mol. The van der Waals surface area contributed by atoms with Crippen LogP contribution in [0.4, 0.5) is 28.3 Å². The molecular formula is C22H20ClF4N5O3. The fraction of sp³-hybridized carbons (Fsp3) is 0.364. The van der Waals surface area contributed by atoms with Gasteiger partial charge in [0.15, 0.2) is 5.82 Å². The second-order valence-corrected chi connectivity index (χ2v) is 8.32. The highest BCUT2D eigenvalue weighted by Crippen LogP contribution is 2.34. The summed E-state index contributed by atoms with van der Waals surface area (Å²) in [5.74, 6) is -0.827. The van der Waals surface area contributed by atoms with E-state index in [0.717, 1.165) is 22.8 Å². The minimum atomic E-state index is -4.52. The highest BCUT2D eigenvalue weighted by atomic mass is 35.5. The number of rotatable bonds is 3. The van der Waals surface area contributed by atoms with Crippen molar-refractivity contribution in [1.82, 2.24) is 19.4 Å². The summed E-state index contributed by atoms with van der Waals surface area (Å²) >= 11 is 5.87. The van der Waals surface area contributed by atoms with E-state index < -0.39 is 35.4 Å². The summed E-state index contributed by atoms with van der Waals surface area (Å²) in [6.07, 6.45) is -2.10. The van der Waals surface area contributed by atoms with Gasteiger partial charge in [-0.2, -0.15) is 23.1 Å². The zero-order chi connectivity index (χ0) is 25.3. The number of aromatic nitrogens is 3. The maximum Gasteiger partial charge on any atom is 0.416 e. The number of benzene rings is 1. The maximum atomic E-state index is 14.9. The Labute approximate surface area is 202 Å². The minimum absolute atomic E-state index is 0.0198. The largest absolute Gasteiger partial charge is 0.453 e. The van der Waals surface area contributed by atoms with Gasteiger partial charge in [-0.05, 0) is 24.6 Å². The number of ether oxygens (including phenoxy) is 1. The van der Waals surface area contributed by atoms with Gasteiger partial charge in [0.1, 0.15) is 5.82 Å². The molecule has 8 nitrogen and oxygen atoms in total. The molecule has 1 aromatic carbocycles. The Kier molecular flexibility index (Phi) is 6.84. The normalized spacial score (nSPS) is 18.5. The van der Waals surface area contributed by atoms with Crippen LogP contribution in [-0.4, -0.2) is 65.0 Å². The molecule has 4 rings (SSSR count). The van der Waals surface area contributed by atoms with E-state index in [9.17, 15) is 27.2 Å². The number of hydrogen-bond donors (Lipinski definition) is 0. The quantitative estimate of drug-likeness (QED) is 0.578. The lowest BCUT2D eigenvalue weighted by Crippen LogP contribution is -2.49. The average molecular weight is 514 g/mol. The highest BCUT2D eigenvalue weighted by Gasteiger charge is 2.34. The van der Waals surface area contributed by atoms with Crippen molar-refractivity contribution in [3.63, 3.8) is 0 Å². The van der Waals surface area contributed by atoms with Crippen molar-refractivity contribution in [2.75, 3.05) is 38.2 Å². The second kappa shape index (κ2) is 9.68. The Hall–Kier alpha value is -3.41.